The molecule has 10 aromatic rings. The molecule has 13 rings (SSSR count). The van der Waals surface area contributed by atoms with Crippen molar-refractivity contribution in [3.63, 3.8) is 0 Å². The van der Waals surface area contributed by atoms with Gasteiger partial charge in [0.15, 0.2) is 0 Å². The molecule has 0 N–H and O–H groups in total. The topological polar surface area (TPSA) is 8.17 Å². The molecule has 1 aliphatic heterocycles. The van der Waals surface area contributed by atoms with Gasteiger partial charge in [-0.1, -0.05) is 146 Å². The lowest BCUT2D eigenvalue weighted by atomic mass is 9.68. The summed E-state index contributed by atoms with van der Waals surface area (Å²) in [5.41, 5.74) is 17.9. The Bertz CT molecular complexity index is 3270. The van der Waals surface area contributed by atoms with Gasteiger partial charge < -0.3 is 9.47 Å². The Morgan fingerprint density at radius 3 is 1.88 bits per heavy atom. The van der Waals surface area contributed by atoms with E-state index in [1.807, 2.05) is 11.3 Å². The van der Waals surface area contributed by atoms with E-state index in [4.69, 9.17) is 0 Å². The van der Waals surface area contributed by atoms with E-state index in [0.29, 0.717) is 0 Å². The minimum atomic E-state index is -0.425. The average Bonchev–Trinajstić information content (AvgIpc) is 4.01. The van der Waals surface area contributed by atoms with Gasteiger partial charge >= 0.3 is 0 Å². The Labute approximate surface area is 341 Å². The molecule has 58 heavy (non-hydrogen) atoms. The minimum absolute atomic E-state index is 0.157. The lowest BCUT2D eigenvalue weighted by Gasteiger charge is -2.34. The molecule has 8 aromatic carbocycles. The average molecular weight is 757 g/mol. The fourth-order valence-corrected chi connectivity index (χ4v) is 12.0. The third-order valence-corrected chi connectivity index (χ3v) is 14.3. The van der Waals surface area contributed by atoms with Crippen molar-refractivity contribution in [2.24, 2.45) is 0 Å². The van der Waals surface area contributed by atoms with Crippen LogP contribution in [-0.4, -0.2) is 10.6 Å². The van der Waals surface area contributed by atoms with Crippen molar-refractivity contribution in [1.82, 2.24) is 4.57 Å². The molecule has 2 aliphatic carbocycles. The van der Waals surface area contributed by atoms with Crippen LogP contribution < -0.4 is 4.90 Å². The van der Waals surface area contributed by atoms with Gasteiger partial charge in [-0.05, 0) is 93.6 Å². The second-order valence-corrected chi connectivity index (χ2v) is 17.0. The maximum Gasteiger partial charge on any atom is 0.0713 e. The Morgan fingerprint density at radius 2 is 1.12 bits per heavy atom. The summed E-state index contributed by atoms with van der Waals surface area (Å²) in [5.74, 6) is 0. The molecule has 3 aliphatic rings. The molecule has 272 valence electrons. The Morgan fingerprint density at radius 1 is 0.500 bits per heavy atom. The highest BCUT2D eigenvalue weighted by atomic mass is 32.1. The summed E-state index contributed by atoms with van der Waals surface area (Å²) >= 11 is 1.90. The van der Waals surface area contributed by atoms with E-state index in [1.165, 1.54) is 104 Å². The van der Waals surface area contributed by atoms with Gasteiger partial charge in [0.1, 0.15) is 0 Å². The van der Waals surface area contributed by atoms with Gasteiger partial charge in [0.25, 0.3) is 0 Å². The maximum absolute atomic E-state index is 2.61. The highest BCUT2D eigenvalue weighted by molar-refractivity contribution is 7.25. The molecule has 1 unspecified atom stereocenters. The Kier molecular flexibility index (Phi) is 6.68. The molecule has 1 atom stereocenters. The van der Waals surface area contributed by atoms with E-state index in [2.05, 4.69) is 210 Å². The van der Waals surface area contributed by atoms with Crippen LogP contribution in [0.25, 0.3) is 59.5 Å². The summed E-state index contributed by atoms with van der Waals surface area (Å²) in [6.45, 7) is 0. The van der Waals surface area contributed by atoms with Crippen LogP contribution in [0.4, 0.5) is 11.4 Å². The highest BCUT2D eigenvalue weighted by Gasteiger charge is 2.46. The molecule has 2 nitrogen and oxygen atoms in total. The van der Waals surface area contributed by atoms with Crippen LogP contribution in [0.1, 0.15) is 39.1 Å². The van der Waals surface area contributed by atoms with Gasteiger partial charge in [-0.15, -0.1) is 11.3 Å². The van der Waals surface area contributed by atoms with Crippen LogP contribution in [0.5, 0.6) is 0 Å². The standard InChI is InChI=1S/C55H36N2S/c1-3-15-35(16-4-1)55(45-23-11-7-19-39(45)40-20-8-12-24-46(40)55)36-27-29-38(30-28-36)56-47-25-13-9-21-41(47)43-33-44-50(34-49(43)56)57(37-17-5-2-6-18-37)48-31-32-52-54(53(44)48)42-22-10-14-26-51(42)58-52/h1-33,50H,34H2. The Balaban J connectivity index is 1.03. The smallest absolute Gasteiger partial charge is 0.0713 e. The molecule has 3 heterocycles. The van der Waals surface area contributed by atoms with Crippen LogP contribution in [0, 0.1) is 0 Å². The van der Waals surface area contributed by atoms with Gasteiger partial charge in [0, 0.05) is 60.2 Å². The lowest BCUT2D eigenvalue weighted by Crippen LogP contribution is -2.31. The number of nitrogens with zero attached hydrogens (tertiary/aromatic N) is 2. The molecule has 0 spiro atoms. The largest absolute Gasteiger partial charge is 0.333 e. The SMILES string of the molecule is C1=C2c3c(ccc4sc5ccccc5c34)N(c3ccccc3)C2Cc2c1c1ccccc1n2-c1ccc(C2(c3ccccc3)c3ccccc3-c3ccccc32)cc1. The third-order valence-electron chi connectivity index (χ3n) is 13.2. The van der Waals surface area contributed by atoms with Gasteiger partial charge in [-0.3, -0.25) is 0 Å². The van der Waals surface area contributed by atoms with E-state index in [9.17, 15) is 0 Å². The first-order valence-electron chi connectivity index (χ1n) is 20.3. The molecular weight excluding hydrogens is 721 g/mol. The number of hydrogen-bond donors (Lipinski definition) is 0. The molecule has 0 radical (unpaired) electrons. The lowest BCUT2D eigenvalue weighted by molar-refractivity contribution is 0.763. The van der Waals surface area contributed by atoms with E-state index in [-0.39, 0.29) is 6.04 Å². The monoisotopic (exact) mass is 756 g/mol. The first-order chi connectivity index (χ1) is 28.8. The van der Waals surface area contributed by atoms with Crippen LogP contribution in [-0.2, 0) is 11.8 Å². The second kappa shape index (κ2) is 12.0. The predicted molar refractivity (Wildman–Crippen MR) is 244 cm³/mol. The molecule has 0 saturated carbocycles. The first kappa shape index (κ1) is 32.2. The van der Waals surface area contributed by atoms with Gasteiger partial charge in [-0.2, -0.15) is 0 Å². The molecular formula is C55H36N2S. The molecule has 0 amide bonds. The molecule has 3 heteroatoms. The summed E-state index contributed by atoms with van der Waals surface area (Å²) < 4.78 is 5.25. The summed E-state index contributed by atoms with van der Waals surface area (Å²) in [7, 11) is 0. The zero-order chi connectivity index (χ0) is 38.0. The number of benzene rings is 8. The minimum Gasteiger partial charge on any atom is -0.333 e. The number of thiophene rings is 1. The number of anilines is 2. The van der Waals surface area contributed by atoms with E-state index in [1.54, 1.807) is 0 Å². The van der Waals surface area contributed by atoms with Crippen LogP contribution >= 0.6 is 11.3 Å². The highest BCUT2D eigenvalue weighted by Crippen LogP contribution is 2.57. The van der Waals surface area contributed by atoms with Crippen molar-refractivity contribution in [2.75, 3.05) is 4.90 Å². The number of fused-ring (bicyclic) bond motifs is 13. The van der Waals surface area contributed by atoms with Crippen molar-refractivity contribution in [2.45, 2.75) is 17.9 Å². The van der Waals surface area contributed by atoms with Crippen LogP contribution in [0.3, 0.4) is 0 Å². The summed E-state index contributed by atoms with van der Waals surface area (Å²) in [4.78, 5) is 2.61. The zero-order valence-electron chi connectivity index (χ0n) is 31.6. The zero-order valence-corrected chi connectivity index (χ0v) is 32.5. The first-order valence-corrected chi connectivity index (χ1v) is 21.1. The van der Waals surface area contributed by atoms with E-state index >= 15 is 0 Å². The van der Waals surface area contributed by atoms with E-state index in [0.717, 1.165) is 6.42 Å². The van der Waals surface area contributed by atoms with Crippen molar-refractivity contribution in [3.05, 3.63) is 233 Å². The maximum atomic E-state index is 2.61. The third kappa shape index (κ3) is 4.21. The molecule has 0 fully saturated rings. The molecule has 0 saturated heterocycles. The van der Waals surface area contributed by atoms with Crippen molar-refractivity contribution in [1.29, 1.82) is 0 Å². The van der Waals surface area contributed by atoms with Crippen LogP contribution in [0.15, 0.2) is 194 Å². The summed E-state index contributed by atoms with van der Waals surface area (Å²) in [5, 5.41) is 4.04. The van der Waals surface area contributed by atoms with Gasteiger partial charge in [0.2, 0.25) is 0 Å². The number of para-hydroxylation sites is 2. The predicted octanol–water partition coefficient (Wildman–Crippen LogP) is 14.0. The van der Waals surface area contributed by atoms with Crippen LogP contribution in [0.2, 0.25) is 0 Å². The Hall–Kier alpha value is -6.94. The van der Waals surface area contributed by atoms with Crippen molar-refractivity contribution >= 4 is 65.4 Å². The van der Waals surface area contributed by atoms with E-state index < -0.39 is 5.41 Å². The summed E-state index contributed by atoms with van der Waals surface area (Å²) in [6.07, 6.45) is 3.43. The fourth-order valence-electron chi connectivity index (χ4n) is 10.9. The molecule has 2 aromatic heterocycles. The van der Waals surface area contributed by atoms with Crippen molar-refractivity contribution in [3.8, 4) is 16.8 Å². The fraction of sp³-hybridized carbons (Fsp3) is 0.0545. The van der Waals surface area contributed by atoms with Gasteiger partial charge in [-0.25, -0.2) is 0 Å². The quantitative estimate of drug-likeness (QED) is 0.174. The van der Waals surface area contributed by atoms with Crippen molar-refractivity contribution < 1.29 is 0 Å². The normalized spacial score (nSPS) is 15.9. The summed E-state index contributed by atoms with van der Waals surface area (Å²) in [6, 6.07) is 72.4. The second-order valence-electron chi connectivity index (χ2n) is 15.9. The van der Waals surface area contributed by atoms with Gasteiger partial charge in [0.05, 0.1) is 22.7 Å². The number of rotatable bonds is 4. The number of aromatic nitrogens is 1. The number of hydrogen-bond acceptors (Lipinski definition) is 2. The molecule has 0 bridgehead atoms.